The van der Waals surface area contributed by atoms with Crippen molar-refractivity contribution in [3.8, 4) is 0 Å². The van der Waals surface area contributed by atoms with Gasteiger partial charge in [0, 0.05) is 31.8 Å². The van der Waals surface area contributed by atoms with Crippen molar-refractivity contribution in [1.29, 1.82) is 0 Å². The predicted octanol–water partition coefficient (Wildman–Crippen LogP) is 3.51. The van der Waals surface area contributed by atoms with Crippen molar-refractivity contribution in [2.24, 2.45) is 0 Å². The van der Waals surface area contributed by atoms with E-state index in [1.54, 1.807) is 24.1 Å². The first-order valence-corrected chi connectivity index (χ1v) is 7.67. The lowest BCUT2D eigenvalue weighted by atomic mass is 10.2. The highest BCUT2D eigenvalue weighted by molar-refractivity contribution is 6.30. The van der Waals surface area contributed by atoms with E-state index in [0.717, 1.165) is 5.69 Å². The highest BCUT2D eigenvalue weighted by atomic mass is 35.5. The molecule has 120 valence electrons. The van der Waals surface area contributed by atoms with Crippen molar-refractivity contribution in [3.05, 3.63) is 53.7 Å². The number of anilines is 2. The van der Waals surface area contributed by atoms with Gasteiger partial charge in [0.25, 0.3) is 0 Å². The number of rotatable bonds is 6. The summed E-state index contributed by atoms with van der Waals surface area (Å²) in [7, 11) is 1.73. The average molecular weight is 332 g/mol. The minimum absolute atomic E-state index is 0.0198. The van der Waals surface area contributed by atoms with Crippen LogP contribution >= 0.6 is 11.6 Å². The molecule has 1 aromatic heterocycles. The SMILES string of the molecule is CN(C(=O)CCCC(=O)Nc1ccc(Cl)cn1)c1ccccc1. The van der Waals surface area contributed by atoms with E-state index in [1.807, 2.05) is 30.3 Å². The van der Waals surface area contributed by atoms with Crippen LogP contribution in [0.5, 0.6) is 0 Å². The van der Waals surface area contributed by atoms with Crippen LogP contribution in [0.2, 0.25) is 5.02 Å². The Morgan fingerprint density at radius 1 is 1.13 bits per heavy atom. The maximum atomic E-state index is 12.1. The molecular weight excluding hydrogens is 314 g/mol. The molecule has 5 nitrogen and oxygen atoms in total. The molecule has 23 heavy (non-hydrogen) atoms. The van der Waals surface area contributed by atoms with Crippen molar-refractivity contribution < 1.29 is 9.59 Å². The summed E-state index contributed by atoms with van der Waals surface area (Å²) in [6.45, 7) is 0. The number of nitrogens with one attached hydrogen (secondary N) is 1. The summed E-state index contributed by atoms with van der Waals surface area (Å²) in [6, 6.07) is 12.7. The van der Waals surface area contributed by atoms with Gasteiger partial charge >= 0.3 is 0 Å². The summed E-state index contributed by atoms with van der Waals surface area (Å²) in [5, 5.41) is 3.18. The van der Waals surface area contributed by atoms with E-state index in [9.17, 15) is 9.59 Å². The number of carbonyl (C=O) groups is 2. The first kappa shape index (κ1) is 17.0. The Labute approximate surface area is 140 Å². The van der Waals surface area contributed by atoms with Crippen LogP contribution in [-0.4, -0.2) is 23.8 Å². The maximum absolute atomic E-state index is 12.1. The third-order valence-corrected chi connectivity index (χ3v) is 3.53. The number of para-hydroxylation sites is 1. The normalized spacial score (nSPS) is 10.2. The molecule has 1 aromatic carbocycles. The Hall–Kier alpha value is -2.40. The van der Waals surface area contributed by atoms with E-state index < -0.39 is 0 Å². The van der Waals surface area contributed by atoms with Crippen molar-refractivity contribution in [3.63, 3.8) is 0 Å². The summed E-state index contributed by atoms with van der Waals surface area (Å²) >= 11 is 5.73. The van der Waals surface area contributed by atoms with Gasteiger partial charge in [-0.05, 0) is 30.7 Å². The Bertz CT molecular complexity index is 659. The van der Waals surface area contributed by atoms with Crippen LogP contribution in [0.15, 0.2) is 48.7 Å². The highest BCUT2D eigenvalue weighted by Crippen LogP contribution is 2.14. The van der Waals surface area contributed by atoms with Gasteiger partial charge in [0.05, 0.1) is 5.02 Å². The molecule has 0 spiro atoms. The minimum atomic E-state index is -0.171. The number of amides is 2. The molecule has 0 aliphatic heterocycles. The molecule has 0 aliphatic rings. The van der Waals surface area contributed by atoms with Crippen molar-refractivity contribution in [2.75, 3.05) is 17.3 Å². The molecule has 2 rings (SSSR count). The van der Waals surface area contributed by atoms with E-state index >= 15 is 0 Å². The second-order valence-corrected chi connectivity index (χ2v) is 5.49. The molecule has 1 heterocycles. The van der Waals surface area contributed by atoms with Crippen LogP contribution < -0.4 is 10.2 Å². The van der Waals surface area contributed by atoms with Gasteiger partial charge in [0.2, 0.25) is 11.8 Å². The second kappa shape index (κ2) is 8.29. The zero-order chi connectivity index (χ0) is 16.7. The molecule has 0 fully saturated rings. The van der Waals surface area contributed by atoms with Crippen LogP contribution in [-0.2, 0) is 9.59 Å². The summed E-state index contributed by atoms with van der Waals surface area (Å²) < 4.78 is 0. The zero-order valence-corrected chi connectivity index (χ0v) is 13.6. The van der Waals surface area contributed by atoms with Crippen molar-refractivity contribution in [2.45, 2.75) is 19.3 Å². The molecule has 0 unspecified atom stereocenters. The fraction of sp³-hybridized carbons (Fsp3) is 0.235. The lowest BCUT2D eigenvalue weighted by molar-refractivity contribution is -0.118. The first-order valence-electron chi connectivity index (χ1n) is 7.29. The van der Waals surface area contributed by atoms with E-state index in [0.29, 0.717) is 23.7 Å². The standard InChI is InChI=1S/C17H18ClN3O2/c1-21(14-6-3-2-4-7-14)17(23)9-5-8-16(22)20-15-11-10-13(18)12-19-15/h2-4,6-7,10-12H,5,8-9H2,1H3,(H,19,20,22). The molecule has 0 bridgehead atoms. The third-order valence-electron chi connectivity index (χ3n) is 3.31. The monoisotopic (exact) mass is 331 g/mol. The van der Waals surface area contributed by atoms with Gasteiger partial charge < -0.3 is 10.2 Å². The smallest absolute Gasteiger partial charge is 0.226 e. The molecule has 0 saturated heterocycles. The van der Waals surface area contributed by atoms with Gasteiger partial charge in [-0.25, -0.2) is 4.98 Å². The molecule has 2 amide bonds. The number of hydrogen-bond acceptors (Lipinski definition) is 3. The molecule has 0 aliphatic carbocycles. The molecular formula is C17H18ClN3O2. The quantitative estimate of drug-likeness (QED) is 0.881. The van der Waals surface area contributed by atoms with E-state index in [2.05, 4.69) is 10.3 Å². The number of benzene rings is 1. The minimum Gasteiger partial charge on any atom is -0.316 e. The molecule has 2 aromatic rings. The summed E-state index contributed by atoms with van der Waals surface area (Å²) in [5.41, 5.74) is 0.840. The molecule has 6 heteroatoms. The molecule has 1 N–H and O–H groups in total. The van der Waals surface area contributed by atoms with Crippen LogP contribution in [0.25, 0.3) is 0 Å². The second-order valence-electron chi connectivity index (χ2n) is 5.05. The average Bonchev–Trinajstić information content (AvgIpc) is 2.57. The number of pyridine rings is 1. The molecule has 0 radical (unpaired) electrons. The lowest BCUT2D eigenvalue weighted by Crippen LogP contribution is -2.26. The predicted molar refractivity (Wildman–Crippen MR) is 91.6 cm³/mol. The summed E-state index contributed by atoms with van der Waals surface area (Å²) in [6.07, 6.45) is 2.52. The summed E-state index contributed by atoms with van der Waals surface area (Å²) in [5.74, 6) is 0.260. The highest BCUT2D eigenvalue weighted by Gasteiger charge is 2.11. The Kier molecular flexibility index (Phi) is 6.11. The van der Waals surface area contributed by atoms with E-state index in [1.165, 1.54) is 6.20 Å². The Morgan fingerprint density at radius 2 is 1.87 bits per heavy atom. The summed E-state index contributed by atoms with van der Waals surface area (Å²) in [4.78, 5) is 29.5. The lowest BCUT2D eigenvalue weighted by Gasteiger charge is -2.17. The number of carbonyl (C=O) groups excluding carboxylic acids is 2. The van der Waals surface area contributed by atoms with Gasteiger partial charge in [-0.1, -0.05) is 29.8 Å². The fourth-order valence-corrected chi connectivity index (χ4v) is 2.13. The Balaban J connectivity index is 1.74. The Morgan fingerprint density at radius 3 is 2.52 bits per heavy atom. The van der Waals surface area contributed by atoms with Crippen molar-refractivity contribution >= 4 is 34.9 Å². The first-order chi connectivity index (χ1) is 11.1. The van der Waals surface area contributed by atoms with E-state index in [-0.39, 0.29) is 18.2 Å². The van der Waals surface area contributed by atoms with Gasteiger partial charge in [0.15, 0.2) is 0 Å². The third kappa shape index (κ3) is 5.38. The van der Waals surface area contributed by atoms with E-state index in [4.69, 9.17) is 11.6 Å². The van der Waals surface area contributed by atoms with Crippen LogP contribution in [0.4, 0.5) is 11.5 Å². The van der Waals surface area contributed by atoms with Gasteiger partial charge in [-0.15, -0.1) is 0 Å². The zero-order valence-electron chi connectivity index (χ0n) is 12.8. The van der Waals surface area contributed by atoms with Gasteiger partial charge in [0.1, 0.15) is 5.82 Å². The maximum Gasteiger partial charge on any atom is 0.226 e. The van der Waals surface area contributed by atoms with Gasteiger partial charge in [-0.3, -0.25) is 9.59 Å². The topological polar surface area (TPSA) is 62.3 Å². The largest absolute Gasteiger partial charge is 0.316 e. The molecule has 0 atom stereocenters. The number of nitrogens with zero attached hydrogens (tertiary/aromatic N) is 2. The van der Waals surface area contributed by atoms with Gasteiger partial charge in [-0.2, -0.15) is 0 Å². The number of hydrogen-bond donors (Lipinski definition) is 1. The fourth-order valence-electron chi connectivity index (χ4n) is 2.02. The van der Waals surface area contributed by atoms with Crippen LogP contribution in [0.3, 0.4) is 0 Å². The number of halogens is 1. The van der Waals surface area contributed by atoms with Crippen molar-refractivity contribution in [1.82, 2.24) is 4.98 Å². The van der Waals surface area contributed by atoms with Crippen LogP contribution in [0, 0.1) is 0 Å². The van der Waals surface area contributed by atoms with Crippen LogP contribution in [0.1, 0.15) is 19.3 Å². The molecule has 0 saturated carbocycles. The number of aromatic nitrogens is 1.